The standard InChI is InChI=1S/C22H27NO5/c1-5-26-19-11-16-15(12-21(24)23-17(16)13-20(19)27-6-2)14-9-8-10-18(25-4)22(14)28-7-3/h8-11,13,15H,5-7,12H2,1-4H3,(H,23,24). The number of para-hydroxylation sites is 1. The van der Waals surface area contributed by atoms with Crippen LogP contribution in [-0.4, -0.2) is 32.8 Å². The van der Waals surface area contributed by atoms with Crippen LogP contribution < -0.4 is 24.3 Å². The quantitative estimate of drug-likeness (QED) is 0.731. The number of benzene rings is 2. The molecule has 2 aromatic rings. The minimum atomic E-state index is -0.171. The third kappa shape index (κ3) is 3.86. The highest BCUT2D eigenvalue weighted by Crippen LogP contribution is 2.47. The van der Waals surface area contributed by atoms with E-state index < -0.39 is 0 Å². The number of nitrogens with one attached hydrogen (secondary N) is 1. The fourth-order valence-electron chi connectivity index (χ4n) is 3.55. The van der Waals surface area contributed by atoms with E-state index in [-0.39, 0.29) is 11.8 Å². The van der Waals surface area contributed by atoms with Gasteiger partial charge in [-0.05, 0) is 38.5 Å². The van der Waals surface area contributed by atoms with Crippen molar-refractivity contribution in [2.24, 2.45) is 0 Å². The van der Waals surface area contributed by atoms with Gasteiger partial charge in [0.05, 0.1) is 26.9 Å². The van der Waals surface area contributed by atoms with Crippen molar-refractivity contribution in [2.45, 2.75) is 33.1 Å². The van der Waals surface area contributed by atoms with Crippen LogP contribution in [-0.2, 0) is 4.79 Å². The van der Waals surface area contributed by atoms with E-state index in [9.17, 15) is 4.79 Å². The van der Waals surface area contributed by atoms with E-state index in [1.165, 1.54) is 0 Å². The molecule has 1 atom stereocenters. The molecule has 0 fully saturated rings. The van der Waals surface area contributed by atoms with Crippen molar-refractivity contribution in [1.29, 1.82) is 0 Å². The van der Waals surface area contributed by atoms with Crippen molar-refractivity contribution in [3.8, 4) is 23.0 Å². The molecule has 0 aromatic heterocycles. The Labute approximate surface area is 165 Å². The average Bonchev–Trinajstić information content (AvgIpc) is 2.69. The summed E-state index contributed by atoms with van der Waals surface area (Å²) >= 11 is 0. The van der Waals surface area contributed by atoms with Crippen LogP contribution in [0.25, 0.3) is 0 Å². The van der Waals surface area contributed by atoms with Crippen LogP contribution >= 0.6 is 0 Å². The van der Waals surface area contributed by atoms with Gasteiger partial charge in [0.1, 0.15) is 0 Å². The number of anilines is 1. The summed E-state index contributed by atoms with van der Waals surface area (Å²) in [6.07, 6.45) is 0.319. The third-order valence-corrected chi connectivity index (χ3v) is 4.65. The Bertz CT molecular complexity index is 849. The van der Waals surface area contributed by atoms with Gasteiger partial charge in [0, 0.05) is 29.7 Å². The lowest BCUT2D eigenvalue weighted by Crippen LogP contribution is -2.24. The molecule has 1 aliphatic heterocycles. The van der Waals surface area contributed by atoms with Crippen molar-refractivity contribution >= 4 is 11.6 Å². The maximum absolute atomic E-state index is 12.5. The number of amides is 1. The zero-order valence-corrected chi connectivity index (χ0v) is 16.8. The van der Waals surface area contributed by atoms with Crippen molar-refractivity contribution in [3.63, 3.8) is 0 Å². The fourth-order valence-corrected chi connectivity index (χ4v) is 3.55. The number of hydrogen-bond acceptors (Lipinski definition) is 5. The molecular weight excluding hydrogens is 358 g/mol. The summed E-state index contributed by atoms with van der Waals surface area (Å²) < 4.78 is 22.9. The molecule has 1 aliphatic rings. The Balaban J connectivity index is 2.15. The molecule has 6 heteroatoms. The molecule has 0 saturated heterocycles. The first-order valence-electron chi connectivity index (χ1n) is 9.65. The average molecular weight is 385 g/mol. The Morgan fingerprint density at radius 2 is 1.61 bits per heavy atom. The van der Waals surface area contributed by atoms with Gasteiger partial charge in [-0.25, -0.2) is 0 Å². The lowest BCUT2D eigenvalue weighted by Gasteiger charge is -2.29. The van der Waals surface area contributed by atoms with Crippen LogP contribution in [0.5, 0.6) is 23.0 Å². The summed E-state index contributed by atoms with van der Waals surface area (Å²) in [5, 5.41) is 2.96. The normalized spacial score (nSPS) is 15.4. The van der Waals surface area contributed by atoms with E-state index in [1.807, 2.05) is 51.1 Å². The number of carbonyl (C=O) groups excluding carboxylic acids is 1. The predicted molar refractivity (Wildman–Crippen MR) is 108 cm³/mol. The molecule has 28 heavy (non-hydrogen) atoms. The van der Waals surface area contributed by atoms with Gasteiger partial charge in [-0.2, -0.15) is 0 Å². The predicted octanol–water partition coefficient (Wildman–Crippen LogP) is 4.37. The topological polar surface area (TPSA) is 66.0 Å². The number of fused-ring (bicyclic) bond motifs is 1. The lowest BCUT2D eigenvalue weighted by molar-refractivity contribution is -0.116. The van der Waals surface area contributed by atoms with E-state index >= 15 is 0 Å². The van der Waals surface area contributed by atoms with Crippen LogP contribution in [0.1, 0.15) is 44.2 Å². The van der Waals surface area contributed by atoms with Gasteiger partial charge in [0.2, 0.25) is 5.91 Å². The largest absolute Gasteiger partial charge is 0.493 e. The van der Waals surface area contributed by atoms with Crippen molar-refractivity contribution < 1.29 is 23.7 Å². The van der Waals surface area contributed by atoms with Crippen LogP contribution in [0, 0.1) is 0 Å². The Morgan fingerprint density at radius 1 is 0.929 bits per heavy atom. The first-order valence-corrected chi connectivity index (χ1v) is 9.65. The van der Waals surface area contributed by atoms with Gasteiger partial charge in [0.25, 0.3) is 0 Å². The SMILES string of the molecule is CCOc1cc2c(cc1OCC)C(c1cccc(OC)c1OCC)CC(=O)N2. The summed E-state index contributed by atoms with van der Waals surface area (Å²) in [5.74, 6) is 2.40. The van der Waals surface area contributed by atoms with E-state index in [4.69, 9.17) is 18.9 Å². The molecule has 0 radical (unpaired) electrons. The lowest BCUT2D eigenvalue weighted by atomic mass is 9.84. The summed E-state index contributed by atoms with van der Waals surface area (Å²) in [7, 11) is 1.62. The Kier molecular flexibility index (Phi) is 6.29. The molecule has 1 N–H and O–H groups in total. The minimum Gasteiger partial charge on any atom is -0.493 e. The molecule has 150 valence electrons. The molecule has 1 amide bonds. The number of rotatable bonds is 8. The molecule has 6 nitrogen and oxygen atoms in total. The van der Waals surface area contributed by atoms with Crippen LogP contribution in [0.4, 0.5) is 5.69 Å². The Hall–Kier alpha value is -2.89. The van der Waals surface area contributed by atoms with Crippen molar-refractivity contribution in [1.82, 2.24) is 0 Å². The monoisotopic (exact) mass is 385 g/mol. The molecular formula is C22H27NO5. The van der Waals surface area contributed by atoms with Crippen molar-refractivity contribution in [3.05, 3.63) is 41.5 Å². The summed E-state index contributed by atoms with van der Waals surface area (Å²) in [6.45, 7) is 7.33. The van der Waals surface area contributed by atoms with E-state index in [0.717, 1.165) is 16.8 Å². The minimum absolute atomic E-state index is 0.0469. The van der Waals surface area contributed by atoms with Crippen LogP contribution in [0.15, 0.2) is 30.3 Å². The molecule has 2 aromatic carbocycles. The van der Waals surface area contributed by atoms with E-state index in [1.54, 1.807) is 7.11 Å². The summed E-state index contributed by atoms with van der Waals surface area (Å²) in [5.41, 5.74) is 2.63. The highest BCUT2D eigenvalue weighted by Gasteiger charge is 2.31. The Morgan fingerprint density at radius 3 is 2.25 bits per heavy atom. The van der Waals surface area contributed by atoms with Gasteiger partial charge in [-0.3, -0.25) is 4.79 Å². The number of ether oxygens (including phenoxy) is 4. The molecule has 0 aliphatic carbocycles. The smallest absolute Gasteiger partial charge is 0.225 e. The highest BCUT2D eigenvalue weighted by atomic mass is 16.5. The zero-order valence-electron chi connectivity index (χ0n) is 16.8. The maximum Gasteiger partial charge on any atom is 0.225 e. The molecule has 1 unspecified atom stereocenters. The van der Waals surface area contributed by atoms with Gasteiger partial charge in [0.15, 0.2) is 23.0 Å². The van der Waals surface area contributed by atoms with Gasteiger partial charge < -0.3 is 24.3 Å². The summed E-state index contributed by atoms with van der Waals surface area (Å²) in [6, 6.07) is 9.57. The molecule has 0 saturated carbocycles. The second-order valence-corrected chi connectivity index (χ2v) is 6.37. The van der Waals surface area contributed by atoms with E-state index in [2.05, 4.69) is 5.32 Å². The van der Waals surface area contributed by atoms with Gasteiger partial charge in [-0.15, -0.1) is 0 Å². The summed E-state index contributed by atoms with van der Waals surface area (Å²) in [4.78, 5) is 12.5. The van der Waals surface area contributed by atoms with Gasteiger partial charge >= 0.3 is 0 Å². The number of hydrogen-bond donors (Lipinski definition) is 1. The van der Waals surface area contributed by atoms with E-state index in [0.29, 0.717) is 49.2 Å². The molecule has 1 heterocycles. The fraction of sp³-hybridized carbons (Fsp3) is 0.409. The van der Waals surface area contributed by atoms with Crippen LogP contribution in [0.3, 0.4) is 0 Å². The van der Waals surface area contributed by atoms with Gasteiger partial charge in [-0.1, -0.05) is 12.1 Å². The number of carbonyl (C=O) groups is 1. The van der Waals surface area contributed by atoms with Crippen LogP contribution in [0.2, 0.25) is 0 Å². The van der Waals surface area contributed by atoms with Crippen molar-refractivity contribution in [2.75, 3.05) is 32.2 Å². The third-order valence-electron chi connectivity index (χ3n) is 4.65. The molecule has 3 rings (SSSR count). The highest BCUT2D eigenvalue weighted by molar-refractivity contribution is 5.96. The maximum atomic E-state index is 12.5. The molecule has 0 bridgehead atoms. The number of methoxy groups -OCH3 is 1. The first kappa shape index (κ1) is 19.9. The first-order chi connectivity index (χ1) is 13.6. The zero-order chi connectivity index (χ0) is 20.1. The second-order valence-electron chi connectivity index (χ2n) is 6.37. The second kappa shape index (κ2) is 8.87. The molecule has 0 spiro atoms.